The van der Waals surface area contributed by atoms with E-state index in [1.165, 1.54) is 19.2 Å². The molecule has 0 amide bonds. The molecule has 1 heterocycles. The first-order valence-electron chi connectivity index (χ1n) is 3.85. The lowest BCUT2D eigenvalue weighted by atomic mass is 10.2. The Balaban J connectivity index is 2.54. The molecule has 0 aliphatic heterocycles. The fourth-order valence-corrected chi connectivity index (χ4v) is 1.40. The first-order valence-corrected chi connectivity index (χ1v) is 4.97. The highest BCUT2D eigenvalue weighted by molar-refractivity contribution is 9.08. The summed E-state index contributed by atoms with van der Waals surface area (Å²) < 4.78 is 5.22. The molecule has 0 bridgehead atoms. The van der Waals surface area contributed by atoms with E-state index >= 15 is 0 Å². The van der Waals surface area contributed by atoms with Crippen LogP contribution in [0.4, 0.5) is 0 Å². The molecule has 0 atom stereocenters. The summed E-state index contributed by atoms with van der Waals surface area (Å²) in [6, 6.07) is 0. The Kier molecular flexibility index (Phi) is 3.63. The molecule has 0 fully saturated rings. The van der Waals surface area contributed by atoms with Gasteiger partial charge in [-0.2, -0.15) is 0 Å². The molecular formula is C8H12BrNO. The number of unbranched alkanes of at least 4 members (excludes halogenated alkanes) is 1. The second kappa shape index (κ2) is 4.54. The van der Waals surface area contributed by atoms with Crippen LogP contribution in [0.3, 0.4) is 0 Å². The van der Waals surface area contributed by atoms with Gasteiger partial charge in [-0.15, -0.1) is 0 Å². The van der Waals surface area contributed by atoms with Crippen LogP contribution in [0.2, 0.25) is 0 Å². The van der Waals surface area contributed by atoms with Crippen LogP contribution in [0.1, 0.15) is 31.2 Å². The van der Waals surface area contributed by atoms with Gasteiger partial charge >= 0.3 is 0 Å². The number of rotatable bonds is 4. The summed E-state index contributed by atoms with van der Waals surface area (Å²) in [6.45, 7) is 2.17. The average molecular weight is 218 g/mol. The van der Waals surface area contributed by atoms with Crippen molar-refractivity contribution in [1.82, 2.24) is 4.98 Å². The molecule has 2 nitrogen and oxygen atoms in total. The number of aromatic nitrogens is 1. The molecule has 62 valence electrons. The van der Waals surface area contributed by atoms with E-state index in [4.69, 9.17) is 4.42 Å². The minimum Gasteiger partial charge on any atom is -0.448 e. The van der Waals surface area contributed by atoms with Crippen LogP contribution in [0.25, 0.3) is 0 Å². The summed E-state index contributed by atoms with van der Waals surface area (Å²) in [5.41, 5.74) is 1.04. The van der Waals surface area contributed by atoms with E-state index in [9.17, 15) is 0 Å². The molecular weight excluding hydrogens is 206 g/mol. The van der Waals surface area contributed by atoms with Crippen LogP contribution >= 0.6 is 15.9 Å². The lowest BCUT2D eigenvalue weighted by Gasteiger charge is -1.94. The number of nitrogens with zero attached hydrogens (tertiary/aromatic N) is 1. The average Bonchev–Trinajstić information content (AvgIpc) is 2.47. The van der Waals surface area contributed by atoms with Gasteiger partial charge in [-0.3, -0.25) is 0 Å². The van der Waals surface area contributed by atoms with Gasteiger partial charge < -0.3 is 4.42 Å². The van der Waals surface area contributed by atoms with Crippen molar-refractivity contribution in [3.8, 4) is 0 Å². The van der Waals surface area contributed by atoms with E-state index in [1.807, 2.05) is 0 Å². The Morgan fingerprint density at radius 2 is 2.45 bits per heavy atom. The van der Waals surface area contributed by atoms with Gasteiger partial charge in [0.2, 0.25) is 0 Å². The van der Waals surface area contributed by atoms with Crippen molar-refractivity contribution < 1.29 is 4.42 Å². The number of hydrogen-bond donors (Lipinski definition) is 0. The number of oxazole rings is 1. The van der Waals surface area contributed by atoms with Gasteiger partial charge in [0.25, 0.3) is 0 Å². The maximum absolute atomic E-state index is 5.22. The van der Waals surface area contributed by atoms with Crippen molar-refractivity contribution in [1.29, 1.82) is 0 Å². The smallest absolute Gasteiger partial charge is 0.181 e. The first kappa shape index (κ1) is 8.78. The van der Waals surface area contributed by atoms with Crippen LogP contribution in [0.5, 0.6) is 0 Å². The van der Waals surface area contributed by atoms with Gasteiger partial charge in [0.1, 0.15) is 5.76 Å². The molecule has 0 saturated heterocycles. The van der Waals surface area contributed by atoms with Crippen molar-refractivity contribution in [2.45, 2.75) is 31.5 Å². The zero-order valence-electron chi connectivity index (χ0n) is 6.64. The van der Waals surface area contributed by atoms with E-state index in [1.54, 1.807) is 0 Å². The van der Waals surface area contributed by atoms with Gasteiger partial charge in [-0.1, -0.05) is 29.3 Å². The zero-order valence-corrected chi connectivity index (χ0v) is 8.23. The molecule has 0 saturated carbocycles. The van der Waals surface area contributed by atoms with Crippen molar-refractivity contribution in [2.75, 3.05) is 0 Å². The molecule has 3 heteroatoms. The molecule has 0 radical (unpaired) electrons. The largest absolute Gasteiger partial charge is 0.448 e. The number of alkyl halides is 1. The highest BCUT2D eigenvalue weighted by atomic mass is 79.9. The van der Waals surface area contributed by atoms with Gasteiger partial charge in [0.15, 0.2) is 6.39 Å². The van der Waals surface area contributed by atoms with Crippen molar-refractivity contribution in [3.63, 3.8) is 0 Å². The minimum absolute atomic E-state index is 0.794. The SMILES string of the molecule is CCCCc1ocnc1CBr. The highest BCUT2D eigenvalue weighted by Gasteiger charge is 2.04. The van der Waals surface area contributed by atoms with Crippen molar-refractivity contribution >= 4 is 15.9 Å². The molecule has 0 unspecified atom stereocenters. The number of hydrogen-bond acceptors (Lipinski definition) is 2. The molecule has 0 N–H and O–H groups in total. The Labute approximate surface area is 75.1 Å². The molecule has 0 aliphatic carbocycles. The van der Waals surface area contributed by atoms with Crippen LogP contribution in [0.15, 0.2) is 10.8 Å². The third-order valence-electron chi connectivity index (χ3n) is 1.61. The van der Waals surface area contributed by atoms with E-state index in [-0.39, 0.29) is 0 Å². The first-order chi connectivity index (χ1) is 5.38. The van der Waals surface area contributed by atoms with Gasteiger partial charge in [-0.05, 0) is 6.42 Å². The fourth-order valence-electron chi connectivity index (χ4n) is 0.943. The normalized spacial score (nSPS) is 10.4. The predicted octanol–water partition coefficient (Wildman–Crippen LogP) is 2.91. The Morgan fingerprint density at radius 1 is 1.64 bits per heavy atom. The molecule has 0 spiro atoms. The summed E-state index contributed by atoms with van der Waals surface area (Å²) in [5.74, 6) is 1.03. The van der Waals surface area contributed by atoms with Crippen LogP contribution in [-0.4, -0.2) is 4.98 Å². The minimum atomic E-state index is 0.794. The summed E-state index contributed by atoms with van der Waals surface area (Å²) >= 11 is 3.36. The molecule has 1 aromatic heterocycles. The van der Waals surface area contributed by atoms with E-state index < -0.39 is 0 Å². The highest BCUT2D eigenvalue weighted by Crippen LogP contribution is 2.12. The third-order valence-corrected chi connectivity index (χ3v) is 2.14. The molecule has 0 aromatic carbocycles. The maximum Gasteiger partial charge on any atom is 0.181 e. The second-order valence-electron chi connectivity index (χ2n) is 2.46. The van der Waals surface area contributed by atoms with Crippen molar-refractivity contribution in [3.05, 3.63) is 17.8 Å². The lowest BCUT2D eigenvalue weighted by Crippen LogP contribution is -1.87. The predicted molar refractivity (Wildman–Crippen MR) is 47.7 cm³/mol. The van der Waals surface area contributed by atoms with E-state index in [0.717, 1.165) is 23.2 Å². The van der Waals surface area contributed by atoms with Gasteiger partial charge in [0, 0.05) is 11.8 Å². The summed E-state index contributed by atoms with van der Waals surface area (Å²) in [4.78, 5) is 4.07. The second-order valence-corrected chi connectivity index (χ2v) is 3.02. The summed E-state index contributed by atoms with van der Waals surface area (Å²) in [7, 11) is 0. The lowest BCUT2D eigenvalue weighted by molar-refractivity contribution is 0.493. The number of halogens is 1. The van der Waals surface area contributed by atoms with Crippen molar-refractivity contribution in [2.24, 2.45) is 0 Å². The molecule has 0 aliphatic rings. The third kappa shape index (κ3) is 2.33. The van der Waals surface area contributed by atoms with Gasteiger partial charge in [-0.25, -0.2) is 4.98 Å². The Bertz CT molecular complexity index is 210. The fraction of sp³-hybridized carbons (Fsp3) is 0.625. The van der Waals surface area contributed by atoms with E-state index in [0.29, 0.717) is 0 Å². The van der Waals surface area contributed by atoms with Crippen LogP contribution in [-0.2, 0) is 11.8 Å². The molecule has 1 rings (SSSR count). The Hall–Kier alpha value is -0.310. The van der Waals surface area contributed by atoms with Crippen LogP contribution in [0, 0.1) is 0 Å². The maximum atomic E-state index is 5.22. The van der Waals surface area contributed by atoms with E-state index in [2.05, 4.69) is 27.8 Å². The topological polar surface area (TPSA) is 26.0 Å². The molecule has 11 heavy (non-hydrogen) atoms. The summed E-state index contributed by atoms with van der Waals surface area (Å²) in [5, 5.41) is 0.794. The summed E-state index contributed by atoms with van der Waals surface area (Å²) in [6.07, 6.45) is 4.90. The Morgan fingerprint density at radius 3 is 3.09 bits per heavy atom. The van der Waals surface area contributed by atoms with Gasteiger partial charge in [0.05, 0.1) is 5.69 Å². The van der Waals surface area contributed by atoms with Crippen LogP contribution < -0.4 is 0 Å². The number of aryl methyl sites for hydroxylation is 1. The zero-order chi connectivity index (χ0) is 8.10. The molecule has 1 aromatic rings. The quantitative estimate of drug-likeness (QED) is 0.726. The monoisotopic (exact) mass is 217 g/mol. The standard InChI is InChI=1S/C8H12BrNO/c1-2-3-4-8-7(5-9)10-6-11-8/h6H,2-5H2,1H3.